The lowest BCUT2D eigenvalue weighted by atomic mass is 10.1. The van der Waals surface area contributed by atoms with E-state index < -0.39 is 12.1 Å². The highest BCUT2D eigenvalue weighted by Gasteiger charge is 1.99. The molecular weight excluding hydrogens is 180 g/mol. The van der Waals surface area contributed by atoms with Crippen LogP contribution >= 0.6 is 0 Å². The molecule has 1 atom stereocenters. The number of carboxylic acid groups (broad SMARTS) is 1. The first kappa shape index (κ1) is 13.0. The normalized spacial score (nSPS) is 11.6. The minimum atomic E-state index is -1.19. The van der Waals surface area contributed by atoms with Crippen LogP contribution in [0.4, 0.5) is 0 Å². The van der Waals surface area contributed by atoms with Gasteiger partial charge in [-0.25, -0.2) is 4.79 Å². The Morgan fingerprint density at radius 1 is 1.29 bits per heavy atom. The van der Waals surface area contributed by atoms with Crippen LogP contribution in [-0.2, 0) is 4.79 Å². The third kappa shape index (κ3) is 9.08. The van der Waals surface area contributed by atoms with Crippen LogP contribution in [0.2, 0.25) is 0 Å². The number of unbranched alkanes of at least 4 members (excludes halogenated alkanes) is 4. The maximum absolute atomic E-state index is 10.0. The second-order valence-electron chi connectivity index (χ2n) is 3.29. The Labute approximate surface area is 85.1 Å². The molecule has 0 fully saturated rings. The molecule has 3 nitrogen and oxygen atoms in total. The minimum absolute atomic E-state index is 0.573. The molecule has 0 saturated heterocycles. The highest BCUT2D eigenvalue weighted by Crippen LogP contribution is 2.06. The van der Waals surface area contributed by atoms with E-state index in [-0.39, 0.29) is 0 Å². The summed E-state index contributed by atoms with van der Waals surface area (Å²) in [4.78, 5) is 10.0. The predicted molar refractivity (Wildman–Crippen MR) is 54.8 cm³/mol. The maximum atomic E-state index is 10.0. The van der Waals surface area contributed by atoms with E-state index >= 15 is 0 Å². The summed E-state index contributed by atoms with van der Waals surface area (Å²) in [6, 6.07) is 0. The smallest absolute Gasteiger partial charge is 0.381 e. The first-order valence-corrected chi connectivity index (χ1v) is 5.09. The van der Waals surface area contributed by atoms with Crippen molar-refractivity contribution < 1.29 is 15.0 Å². The van der Waals surface area contributed by atoms with Crippen LogP contribution in [0, 0.1) is 11.8 Å². The fourth-order valence-corrected chi connectivity index (χ4v) is 1.16. The lowest BCUT2D eigenvalue weighted by molar-refractivity contribution is -0.130. The number of carbonyl (C=O) groups is 1. The van der Waals surface area contributed by atoms with Gasteiger partial charge in [-0.1, -0.05) is 38.5 Å². The average Bonchev–Trinajstić information content (AvgIpc) is 2.14. The van der Waals surface area contributed by atoms with E-state index in [9.17, 15) is 9.90 Å². The lowest BCUT2D eigenvalue weighted by Gasteiger charge is -2.02. The van der Waals surface area contributed by atoms with Gasteiger partial charge >= 0.3 is 5.97 Å². The van der Waals surface area contributed by atoms with Gasteiger partial charge in [-0.3, -0.25) is 0 Å². The number of rotatable bonds is 6. The van der Waals surface area contributed by atoms with Crippen molar-refractivity contribution in [3.63, 3.8) is 0 Å². The van der Waals surface area contributed by atoms with Gasteiger partial charge in [0.25, 0.3) is 0 Å². The molecule has 0 aliphatic carbocycles. The highest BCUT2D eigenvalue weighted by atomic mass is 16.4. The molecule has 0 radical (unpaired) electrons. The summed E-state index contributed by atoms with van der Waals surface area (Å²) in [5.74, 6) is 3.01. The Hall–Kier alpha value is -1.01. The maximum Gasteiger partial charge on any atom is 0.381 e. The fraction of sp³-hybridized carbons (Fsp3) is 0.727. The van der Waals surface area contributed by atoms with Crippen molar-refractivity contribution in [3.05, 3.63) is 0 Å². The summed E-state index contributed by atoms with van der Waals surface area (Å²) >= 11 is 0. The van der Waals surface area contributed by atoms with Gasteiger partial charge in [0.15, 0.2) is 0 Å². The molecule has 0 heterocycles. The summed E-state index contributed by atoms with van der Waals surface area (Å²) in [7, 11) is 0. The first-order valence-electron chi connectivity index (χ1n) is 5.09. The van der Waals surface area contributed by atoms with E-state index in [0.29, 0.717) is 6.42 Å². The topological polar surface area (TPSA) is 57.5 Å². The van der Waals surface area contributed by atoms with Crippen LogP contribution < -0.4 is 0 Å². The molecule has 1 unspecified atom stereocenters. The van der Waals surface area contributed by atoms with Crippen LogP contribution in [0.3, 0.4) is 0 Å². The second-order valence-corrected chi connectivity index (χ2v) is 3.29. The molecule has 0 bridgehead atoms. The zero-order valence-corrected chi connectivity index (χ0v) is 8.62. The molecule has 0 rings (SSSR count). The van der Waals surface area contributed by atoms with Gasteiger partial charge < -0.3 is 10.2 Å². The molecule has 0 aromatic heterocycles. The molecule has 0 spiro atoms. The van der Waals surface area contributed by atoms with Crippen LogP contribution in [0.1, 0.15) is 45.4 Å². The molecule has 2 N–H and O–H groups in total. The molecule has 0 aliphatic rings. The number of aliphatic hydroxyl groups is 1. The third-order valence-electron chi connectivity index (χ3n) is 1.93. The Morgan fingerprint density at radius 2 is 1.93 bits per heavy atom. The molecule has 3 heteroatoms. The van der Waals surface area contributed by atoms with Gasteiger partial charge in [0.1, 0.15) is 6.10 Å². The van der Waals surface area contributed by atoms with Crippen molar-refractivity contribution >= 4 is 5.97 Å². The fourth-order valence-electron chi connectivity index (χ4n) is 1.16. The van der Waals surface area contributed by atoms with Crippen molar-refractivity contribution in [2.24, 2.45) is 0 Å². The van der Waals surface area contributed by atoms with Gasteiger partial charge in [-0.05, 0) is 12.8 Å². The van der Waals surface area contributed by atoms with Crippen LogP contribution in [-0.4, -0.2) is 22.3 Å². The van der Waals surface area contributed by atoms with Crippen molar-refractivity contribution in [1.29, 1.82) is 0 Å². The van der Waals surface area contributed by atoms with E-state index in [4.69, 9.17) is 5.11 Å². The monoisotopic (exact) mass is 198 g/mol. The number of aliphatic carboxylic acids is 1. The number of aliphatic hydroxyl groups excluding tert-OH is 1. The van der Waals surface area contributed by atoms with Crippen molar-refractivity contribution in [3.8, 4) is 11.8 Å². The molecule has 0 aromatic rings. The summed E-state index contributed by atoms with van der Waals surface area (Å²) < 4.78 is 0. The number of hydrogen-bond acceptors (Lipinski definition) is 2. The molecular formula is C11H18O3. The highest BCUT2D eigenvalue weighted by molar-refractivity contribution is 5.86. The molecule has 14 heavy (non-hydrogen) atoms. The zero-order valence-electron chi connectivity index (χ0n) is 8.62. The molecule has 0 aromatic carbocycles. The van der Waals surface area contributed by atoms with Gasteiger partial charge in [-0.15, -0.1) is 0 Å². The van der Waals surface area contributed by atoms with Crippen molar-refractivity contribution in [2.75, 3.05) is 0 Å². The van der Waals surface area contributed by atoms with E-state index in [1.54, 1.807) is 0 Å². The summed E-state index contributed by atoms with van der Waals surface area (Å²) in [6.07, 6.45) is 5.38. The lowest BCUT2D eigenvalue weighted by Crippen LogP contribution is -2.03. The standard InChI is InChI=1S/C11H18O3/c1-2-3-4-5-6-7-10(12)8-9-11(13)14/h10,12H,2-7H2,1H3,(H,13,14). The summed E-state index contributed by atoms with van der Waals surface area (Å²) in [6.45, 7) is 2.15. The molecule has 0 aliphatic heterocycles. The minimum Gasteiger partial charge on any atom is -0.472 e. The zero-order chi connectivity index (χ0) is 10.8. The van der Waals surface area contributed by atoms with E-state index in [2.05, 4.69) is 12.8 Å². The van der Waals surface area contributed by atoms with Crippen LogP contribution in [0.15, 0.2) is 0 Å². The SMILES string of the molecule is CCCCCCCC(O)C#CC(=O)O. The quantitative estimate of drug-likeness (QED) is 0.505. The predicted octanol–water partition coefficient (Wildman–Crippen LogP) is 1.80. The molecule has 0 amide bonds. The Morgan fingerprint density at radius 3 is 2.50 bits per heavy atom. The average molecular weight is 198 g/mol. The van der Waals surface area contributed by atoms with Crippen LogP contribution in [0.5, 0.6) is 0 Å². The Balaban J connectivity index is 3.41. The van der Waals surface area contributed by atoms with Crippen molar-refractivity contribution in [2.45, 2.75) is 51.6 Å². The van der Waals surface area contributed by atoms with Crippen LogP contribution in [0.25, 0.3) is 0 Å². The van der Waals surface area contributed by atoms with Gasteiger partial charge in [-0.2, -0.15) is 0 Å². The van der Waals surface area contributed by atoms with Gasteiger partial charge in [0.05, 0.1) is 0 Å². The van der Waals surface area contributed by atoms with E-state index in [0.717, 1.165) is 12.8 Å². The summed E-state index contributed by atoms with van der Waals surface area (Å²) in [5.41, 5.74) is 0. The number of hydrogen-bond donors (Lipinski definition) is 2. The number of carboxylic acids is 1. The van der Waals surface area contributed by atoms with E-state index in [1.165, 1.54) is 19.3 Å². The van der Waals surface area contributed by atoms with Gasteiger partial charge in [0.2, 0.25) is 0 Å². The molecule has 0 saturated carbocycles. The largest absolute Gasteiger partial charge is 0.472 e. The summed E-state index contributed by atoms with van der Waals surface area (Å²) in [5, 5.41) is 17.4. The van der Waals surface area contributed by atoms with E-state index in [1.807, 2.05) is 5.92 Å². The Bertz CT molecular complexity index is 212. The first-order chi connectivity index (χ1) is 6.66. The molecule has 80 valence electrons. The Kier molecular flexibility index (Phi) is 7.96. The van der Waals surface area contributed by atoms with Gasteiger partial charge in [0, 0.05) is 5.92 Å². The third-order valence-corrected chi connectivity index (χ3v) is 1.93. The van der Waals surface area contributed by atoms with Crippen molar-refractivity contribution in [1.82, 2.24) is 0 Å². The second kappa shape index (κ2) is 8.58.